The van der Waals surface area contributed by atoms with Crippen molar-refractivity contribution in [3.63, 3.8) is 0 Å². The molecule has 5 aliphatic rings. The third kappa shape index (κ3) is 1.26. The van der Waals surface area contributed by atoms with Crippen LogP contribution >= 0.6 is 0 Å². The Balaban J connectivity index is 1.94. The Kier molecular flexibility index (Phi) is 2.39. The number of ether oxygens (including phenoxy) is 1. The van der Waals surface area contributed by atoms with Gasteiger partial charge >= 0.3 is 5.97 Å². The van der Waals surface area contributed by atoms with E-state index < -0.39 is 35.2 Å². The van der Waals surface area contributed by atoms with E-state index in [1.165, 1.54) is 0 Å². The van der Waals surface area contributed by atoms with E-state index in [2.05, 4.69) is 0 Å². The monoisotopic (exact) mass is 294 g/mol. The first-order chi connectivity index (χ1) is 9.83. The van der Waals surface area contributed by atoms with Gasteiger partial charge in [-0.15, -0.1) is 0 Å². The van der Waals surface area contributed by atoms with Gasteiger partial charge in [0.15, 0.2) is 17.5 Å². The standard InChI is InChI=1S/C15H18O6/c1-6-4-9-11(17)14(3)5-8(16)10-7(2)13(18)19-12(10)15(6,14)21-20-9/h4,7-10,12,16H,5H2,1-3H3. The Morgan fingerprint density at radius 3 is 2.76 bits per heavy atom. The number of aliphatic hydroxyl groups is 1. The molecular weight excluding hydrogens is 276 g/mol. The molecule has 0 aromatic carbocycles. The molecule has 2 saturated heterocycles. The van der Waals surface area contributed by atoms with Gasteiger partial charge in [0, 0.05) is 5.92 Å². The molecule has 1 N–H and O–H groups in total. The Morgan fingerprint density at radius 1 is 1.38 bits per heavy atom. The lowest BCUT2D eigenvalue weighted by molar-refractivity contribution is -0.431. The van der Waals surface area contributed by atoms with E-state index in [4.69, 9.17) is 14.5 Å². The molecule has 1 saturated carbocycles. The van der Waals surface area contributed by atoms with E-state index in [0.717, 1.165) is 5.57 Å². The van der Waals surface area contributed by atoms with Crippen LogP contribution in [0.3, 0.4) is 0 Å². The number of ketones is 1. The van der Waals surface area contributed by atoms with Crippen LogP contribution in [0, 0.1) is 17.3 Å². The van der Waals surface area contributed by atoms with E-state index in [-0.39, 0.29) is 24.1 Å². The second-order valence-corrected chi connectivity index (χ2v) is 6.88. The number of hydrogen-bond acceptors (Lipinski definition) is 6. The van der Waals surface area contributed by atoms with Crippen molar-refractivity contribution in [2.75, 3.05) is 0 Å². The molecule has 5 rings (SSSR count). The lowest BCUT2D eigenvalue weighted by Crippen LogP contribution is -2.74. The molecule has 0 aromatic heterocycles. The van der Waals surface area contributed by atoms with Gasteiger partial charge in [0.2, 0.25) is 0 Å². The third-order valence-corrected chi connectivity index (χ3v) is 5.90. The van der Waals surface area contributed by atoms with Crippen LogP contribution in [0.25, 0.3) is 0 Å². The molecular formula is C15H18O6. The molecule has 1 spiro atoms. The molecule has 6 heteroatoms. The SMILES string of the molecule is CC1=CC2OOC13C1OC(=O)C(C)C1C(O)CC3(C)C2=O. The molecule has 3 fully saturated rings. The lowest BCUT2D eigenvalue weighted by atomic mass is 9.51. The molecule has 0 aromatic rings. The zero-order valence-electron chi connectivity index (χ0n) is 12.2. The first kappa shape index (κ1) is 13.4. The number of carbonyl (C=O) groups is 2. The first-order valence-electron chi connectivity index (χ1n) is 7.29. The molecule has 114 valence electrons. The van der Waals surface area contributed by atoms with Gasteiger partial charge in [-0.2, -0.15) is 0 Å². The van der Waals surface area contributed by atoms with Gasteiger partial charge in [0.1, 0.15) is 6.10 Å². The number of Topliss-reactive ketones (excluding diaryl/α,β-unsaturated/α-hetero) is 1. The van der Waals surface area contributed by atoms with Crippen molar-refractivity contribution in [1.82, 2.24) is 0 Å². The fourth-order valence-electron chi connectivity index (χ4n) is 4.73. The molecule has 0 amide bonds. The van der Waals surface area contributed by atoms with Crippen LogP contribution in [-0.4, -0.2) is 40.8 Å². The van der Waals surface area contributed by atoms with Crippen molar-refractivity contribution in [3.05, 3.63) is 11.6 Å². The highest BCUT2D eigenvalue weighted by Crippen LogP contribution is 2.61. The number of aliphatic hydroxyl groups excluding tert-OH is 1. The maximum absolute atomic E-state index is 12.7. The second kappa shape index (κ2) is 3.74. The van der Waals surface area contributed by atoms with Crippen molar-refractivity contribution in [3.8, 4) is 0 Å². The van der Waals surface area contributed by atoms with Crippen LogP contribution < -0.4 is 0 Å². The first-order valence-corrected chi connectivity index (χ1v) is 7.29. The van der Waals surface area contributed by atoms with Gasteiger partial charge in [0.05, 0.1) is 17.4 Å². The smallest absolute Gasteiger partial charge is 0.309 e. The number of fused-ring (bicyclic) bond motifs is 2. The lowest BCUT2D eigenvalue weighted by Gasteiger charge is -2.60. The Morgan fingerprint density at radius 2 is 2.10 bits per heavy atom. The zero-order valence-corrected chi connectivity index (χ0v) is 12.2. The minimum Gasteiger partial charge on any atom is -0.458 e. The highest BCUT2D eigenvalue weighted by Gasteiger charge is 2.75. The van der Waals surface area contributed by atoms with Gasteiger partial charge in [-0.05, 0) is 31.9 Å². The predicted molar refractivity (Wildman–Crippen MR) is 68.7 cm³/mol. The highest BCUT2D eigenvalue weighted by atomic mass is 17.2. The van der Waals surface area contributed by atoms with Crippen molar-refractivity contribution in [2.24, 2.45) is 17.3 Å². The molecule has 7 atom stereocenters. The Bertz CT molecular complexity index is 583. The van der Waals surface area contributed by atoms with E-state index in [1.807, 2.05) is 6.92 Å². The summed E-state index contributed by atoms with van der Waals surface area (Å²) in [5.41, 5.74) is -1.23. The fraction of sp³-hybridized carbons (Fsp3) is 0.733. The number of esters is 1. The van der Waals surface area contributed by atoms with Crippen molar-refractivity contribution < 1.29 is 29.2 Å². The van der Waals surface area contributed by atoms with Crippen LogP contribution in [0.2, 0.25) is 0 Å². The van der Waals surface area contributed by atoms with Gasteiger partial charge in [-0.1, -0.05) is 6.92 Å². The quantitative estimate of drug-likeness (QED) is 0.399. The molecule has 7 unspecified atom stereocenters. The summed E-state index contributed by atoms with van der Waals surface area (Å²) in [6.07, 6.45) is -0.227. The van der Waals surface area contributed by atoms with Crippen molar-refractivity contribution >= 4 is 11.8 Å². The predicted octanol–water partition coefficient (Wildman–Crippen LogP) is 0.533. The minimum atomic E-state index is -1.12. The maximum atomic E-state index is 12.7. The van der Waals surface area contributed by atoms with E-state index in [1.54, 1.807) is 19.9 Å². The molecule has 21 heavy (non-hydrogen) atoms. The van der Waals surface area contributed by atoms with Crippen molar-refractivity contribution in [1.29, 1.82) is 0 Å². The van der Waals surface area contributed by atoms with Crippen LogP contribution in [0.5, 0.6) is 0 Å². The fourth-order valence-corrected chi connectivity index (χ4v) is 4.73. The van der Waals surface area contributed by atoms with Gasteiger partial charge < -0.3 is 9.84 Å². The maximum Gasteiger partial charge on any atom is 0.309 e. The average Bonchev–Trinajstić information content (AvgIpc) is 2.72. The highest BCUT2D eigenvalue weighted by molar-refractivity contribution is 5.95. The summed E-state index contributed by atoms with van der Waals surface area (Å²) in [5.74, 6) is -1.29. The summed E-state index contributed by atoms with van der Waals surface area (Å²) in [6.45, 7) is 5.38. The molecule has 3 heterocycles. The Hall–Kier alpha value is -1.24. The molecule has 2 bridgehead atoms. The number of hydrogen-bond donors (Lipinski definition) is 1. The van der Waals surface area contributed by atoms with E-state index in [9.17, 15) is 14.7 Å². The van der Waals surface area contributed by atoms with Crippen LogP contribution in [0.4, 0.5) is 0 Å². The summed E-state index contributed by atoms with van der Waals surface area (Å²) in [5, 5.41) is 10.5. The zero-order chi connectivity index (χ0) is 15.2. The van der Waals surface area contributed by atoms with E-state index in [0.29, 0.717) is 0 Å². The summed E-state index contributed by atoms with van der Waals surface area (Å²) in [6, 6.07) is 0. The van der Waals surface area contributed by atoms with Crippen LogP contribution in [-0.2, 0) is 24.1 Å². The molecule has 2 aliphatic carbocycles. The van der Waals surface area contributed by atoms with Crippen LogP contribution in [0.1, 0.15) is 27.2 Å². The third-order valence-electron chi connectivity index (χ3n) is 5.90. The number of rotatable bonds is 0. The summed E-state index contributed by atoms with van der Waals surface area (Å²) in [4.78, 5) is 35.5. The van der Waals surface area contributed by atoms with Crippen LogP contribution in [0.15, 0.2) is 11.6 Å². The topological polar surface area (TPSA) is 82.1 Å². The molecule has 3 aliphatic heterocycles. The normalized spacial score (nSPS) is 54.9. The second-order valence-electron chi connectivity index (χ2n) is 6.88. The van der Waals surface area contributed by atoms with Gasteiger partial charge in [-0.25, -0.2) is 9.78 Å². The Labute approximate surface area is 122 Å². The van der Waals surface area contributed by atoms with Gasteiger partial charge in [-0.3, -0.25) is 9.59 Å². The molecule has 6 nitrogen and oxygen atoms in total. The average molecular weight is 294 g/mol. The minimum absolute atomic E-state index is 0.118. The van der Waals surface area contributed by atoms with E-state index >= 15 is 0 Å². The number of carbonyl (C=O) groups excluding carboxylic acids is 2. The summed E-state index contributed by atoms with van der Waals surface area (Å²) < 4.78 is 5.52. The van der Waals surface area contributed by atoms with Crippen molar-refractivity contribution in [2.45, 2.75) is 51.1 Å². The molecule has 0 radical (unpaired) electrons. The van der Waals surface area contributed by atoms with Gasteiger partial charge in [0.25, 0.3) is 0 Å². The summed E-state index contributed by atoms with van der Waals surface area (Å²) >= 11 is 0. The summed E-state index contributed by atoms with van der Waals surface area (Å²) in [7, 11) is 0. The largest absolute Gasteiger partial charge is 0.458 e.